The highest BCUT2D eigenvalue weighted by atomic mass is 16.4. The number of hydrogen-bond acceptors (Lipinski definition) is 3. The van der Waals surface area contributed by atoms with Crippen LogP contribution in [0.5, 0.6) is 0 Å². The zero-order chi connectivity index (χ0) is 9.42. The van der Waals surface area contributed by atoms with Gasteiger partial charge in [-0.25, -0.2) is 4.79 Å². The smallest absolute Gasteiger partial charge is 0.371 e. The first kappa shape index (κ1) is 8.31. The van der Waals surface area contributed by atoms with Crippen molar-refractivity contribution in [2.24, 2.45) is 0 Å². The Labute approximate surface area is 74.8 Å². The molecule has 1 aromatic heterocycles. The lowest BCUT2D eigenvalue weighted by Gasteiger charge is -2.14. The molecular weight excluding hydrogens is 172 g/mol. The van der Waals surface area contributed by atoms with E-state index < -0.39 is 12.1 Å². The van der Waals surface area contributed by atoms with Gasteiger partial charge in [0.1, 0.15) is 5.76 Å². The largest absolute Gasteiger partial charge is 0.475 e. The normalized spacial score (nSPS) is 21.2. The molecule has 1 aromatic rings. The molecule has 1 heterocycles. The van der Waals surface area contributed by atoms with Crippen LogP contribution in [0.4, 0.5) is 0 Å². The molecule has 1 aliphatic carbocycles. The van der Waals surface area contributed by atoms with Crippen LogP contribution in [0, 0.1) is 0 Å². The number of carboxylic acid groups (broad SMARTS) is 1. The molecule has 1 aliphatic rings. The summed E-state index contributed by atoms with van der Waals surface area (Å²) in [5.74, 6) is -0.538. The van der Waals surface area contributed by atoms with E-state index in [4.69, 9.17) is 9.52 Å². The highest BCUT2D eigenvalue weighted by Crippen LogP contribution is 2.31. The molecule has 0 fully saturated rings. The van der Waals surface area contributed by atoms with Crippen molar-refractivity contribution in [1.29, 1.82) is 0 Å². The van der Waals surface area contributed by atoms with Crippen molar-refractivity contribution in [1.82, 2.24) is 0 Å². The Kier molecular flexibility index (Phi) is 1.84. The third kappa shape index (κ3) is 1.33. The first-order chi connectivity index (χ1) is 6.18. The van der Waals surface area contributed by atoms with Gasteiger partial charge < -0.3 is 14.6 Å². The number of aliphatic hydroxyl groups is 1. The summed E-state index contributed by atoms with van der Waals surface area (Å²) >= 11 is 0. The second-order valence-electron chi connectivity index (χ2n) is 3.20. The van der Waals surface area contributed by atoms with E-state index in [0.717, 1.165) is 12.8 Å². The summed E-state index contributed by atoms with van der Waals surface area (Å²) in [7, 11) is 0. The fraction of sp³-hybridized carbons (Fsp3) is 0.444. The summed E-state index contributed by atoms with van der Waals surface area (Å²) in [5.41, 5.74) is 0.642. The van der Waals surface area contributed by atoms with Crippen molar-refractivity contribution < 1.29 is 19.4 Å². The number of aliphatic hydroxyl groups excluding tert-OH is 1. The molecule has 0 aromatic carbocycles. The van der Waals surface area contributed by atoms with Crippen molar-refractivity contribution in [2.45, 2.75) is 25.4 Å². The minimum atomic E-state index is -1.08. The van der Waals surface area contributed by atoms with Gasteiger partial charge in [0.15, 0.2) is 0 Å². The zero-order valence-electron chi connectivity index (χ0n) is 6.99. The lowest BCUT2D eigenvalue weighted by molar-refractivity contribution is 0.0659. The molecule has 2 N–H and O–H groups in total. The van der Waals surface area contributed by atoms with Gasteiger partial charge in [0, 0.05) is 12.0 Å². The van der Waals surface area contributed by atoms with Gasteiger partial charge >= 0.3 is 5.97 Å². The van der Waals surface area contributed by atoms with Crippen molar-refractivity contribution in [3.8, 4) is 0 Å². The molecule has 2 rings (SSSR count). The zero-order valence-corrected chi connectivity index (χ0v) is 6.99. The summed E-state index contributed by atoms with van der Waals surface area (Å²) in [6, 6.07) is 1.42. The summed E-state index contributed by atoms with van der Waals surface area (Å²) in [5, 5.41) is 18.1. The summed E-state index contributed by atoms with van der Waals surface area (Å²) < 4.78 is 5.08. The van der Waals surface area contributed by atoms with Crippen molar-refractivity contribution in [2.75, 3.05) is 0 Å². The van der Waals surface area contributed by atoms with Gasteiger partial charge in [-0.15, -0.1) is 0 Å². The number of aromatic carboxylic acids is 1. The third-order valence-electron chi connectivity index (χ3n) is 2.29. The van der Waals surface area contributed by atoms with E-state index in [0.29, 0.717) is 17.7 Å². The van der Waals surface area contributed by atoms with Crippen LogP contribution in [0.1, 0.15) is 40.8 Å². The minimum absolute atomic E-state index is 0.0778. The number of carboxylic acids is 1. The van der Waals surface area contributed by atoms with Crippen molar-refractivity contribution >= 4 is 5.97 Å². The van der Waals surface area contributed by atoms with E-state index in [1.165, 1.54) is 6.07 Å². The minimum Gasteiger partial charge on any atom is -0.475 e. The molecule has 0 bridgehead atoms. The van der Waals surface area contributed by atoms with Gasteiger partial charge in [-0.1, -0.05) is 0 Å². The second-order valence-corrected chi connectivity index (χ2v) is 3.20. The van der Waals surface area contributed by atoms with Crippen LogP contribution in [0.3, 0.4) is 0 Å². The van der Waals surface area contributed by atoms with Crippen LogP contribution in [0.2, 0.25) is 0 Å². The van der Waals surface area contributed by atoms with Crippen LogP contribution < -0.4 is 0 Å². The predicted molar refractivity (Wildman–Crippen MR) is 43.6 cm³/mol. The first-order valence-corrected chi connectivity index (χ1v) is 4.22. The van der Waals surface area contributed by atoms with E-state index in [-0.39, 0.29) is 5.76 Å². The number of carbonyl (C=O) groups is 1. The third-order valence-corrected chi connectivity index (χ3v) is 2.29. The van der Waals surface area contributed by atoms with Crippen molar-refractivity contribution in [3.63, 3.8) is 0 Å². The average molecular weight is 182 g/mol. The van der Waals surface area contributed by atoms with Crippen LogP contribution >= 0.6 is 0 Å². The van der Waals surface area contributed by atoms with Crippen molar-refractivity contribution in [3.05, 3.63) is 23.2 Å². The molecule has 1 atom stereocenters. The molecule has 13 heavy (non-hydrogen) atoms. The maximum absolute atomic E-state index is 10.6. The summed E-state index contributed by atoms with van der Waals surface area (Å²) in [4.78, 5) is 10.6. The molecule has 0 saturated carbocycles. The molecular formula is C9H10O4. The van der Waals surface area contributed by atoms with E-state index in [2.05, 4.69) is 0 Å². The van der Waals surface area contributed by atoms with Crippen LogP contribution in [0.15, 0.2) is 10.5 Å². The predicted octanol–water partition coefficient (Wildman–Crippen LogP) is 1.35. The average Bonchev–Trinajstić information content (AvgIpc) is 2.49. The van der Waals surface area contributed by atoms with E-state index >= 15 is 0 Å². The first-order valence-electron chi connectivity index (χ1n) is 4.22. The topological polar surface area (TPSA) is 70.7 Å². The lowest BCUT2D eigenvalue weighted by Crippen LogP contribution is -2.05. The quantitative estimate of drug-likeness (QED) is 0.687. The van der Waals surface area contributed by atoms with Gasteiger partial charge in [0.05, 0.1) is 6.10 Å². The maximum Gasteiger partial charge on any atom is 0.371 e. The molecule has 0 amide bonds. The fourth-order valence-corrected chi connectivity index (χ4v) is 1.64. The molecule has 0 saturated heterocycles. The Balaban J connectivity index is 2.42. The molecule has 1 unspecified atom stereocenters. The SMILES string of the molecule is O=C(O)c1cc2c(o1)CCCC2O. The number of furan rings is 1. The lowest BCUT2D eigenvalue weighted by atomic mass is 9.96. The molecule has 4 nitrogen and oxygen atoms in total. The van der Waals surface area contributed by atoms with Crippen LogP contribution in [-0.2, 0) is 6.42 Å². The standard InChI is InChI=1S/C9H10O4/c10-6-2-1-3-7-5(6)4-8(13-7)9(11)12/h4,6,10H,1-3H2,(H,11,12). The van der Waals surface area contributed by atoms with E-state index in [1.54, 1.807) is 0 Å². The molecule has 4 heteroatoms. The Morgan fingerprint density at radius 1 is 1.62 bits per heavy atom. The van der Waals surface area contributed by atoms with Crippen LogP contribution in [0.25, 0.3) is 0 Å². The van der Waals surface area contributed by atoms with Gasteiger partial charge in [-0.2, -0.15) is 0 Å². The Morgan fingerprint density at radius 3 is 3.00 bits per heavy atom. The Morgan fingerprint density at radius 2 is 2.38 bits per heavy atom. The summed E-state index contributed by atoms with van der Waals surface area (Å²) in [6.45, 7) is 0. The maximum atomic E-state index is 10.6. The highest BCUT2D eigenvalue weighted by Gasteiger charge is 2.24. The number of aryl methyl sites for hydroxylation is 1. The van der Waals surface area contributed by atoms with Gasteiger partial charge in [0.25, 0.3) is 0 Å². The molecule has 0 spiro atoms. The monoisotopic (exact) mass is 182 g/mol. The van der Waals surface area contributed by atoms with E-state index in [1.807, 2.05) is 0 Å². The molecule has 0 aliphatic heterocycles. The van der Waals surface area contributed by atoms with Gasteiger partial charge in [0.2, 0.25) is 5.76 Å². The fourth-order valence-electron chi connectivity index (χ4n) is 1.64. The Bertz CT molecular complexity index is 339. The number of rotatable bonds is 1. The summed E-state index contributed by atoms with van der Waals surface area (Å²) in [6.07, 6.45) is 1.70. The van der Waals surface area contributed by atoms with E-state index in [9.17, 15) is 9.90 Å². The van der Waals surface area contributed by atoms with Gasteiger partial charge in [-0.05, 0) is 18.9 Å². The van der Waals surface area contributed by atoms with Gasteiger partial charge in [-0.3, -0.25) is 0 Å². The number of fused-ring (bicyclic) bond motifs is 1. The molecule has 70 valence electrons. The molecule has 0 radical (unpaired) electrons. The number of hydrogen-bond donors (Lipinski definition) is 2. The Hall–Kier alpha value is -1.29. The second kappa shape index (κ2) is 2.88. The highest BCUT2D eigenvalue weighted by molar-refractivity contribution is 5.84. The van der Waals surface area contributed by atoms with Crippen LogP contribution in [-0.4, -0.2) is 16.2 Å².